The van der Waals surface area contributed by atoms with Crippen LogP contribution in [0.3, 0.4) is 0 Å². The molecular formula is C19H13F4N5. The maximum atomic E-state index is 14.3. The summed E-state index contributed by atoms with van der Waals surface area (Å²) in [6, 6.07) is 9.64. The summed E-state index contributed by atoms with van der Waals surface area (Å²) in [6.07, 6.45) is -1.67. The Bertz CT molecular complexity index is 1170. The smallest absolute Gasteiger partial charge is 0.394 e. The molecule has 142 valence electrons. The van der Waals surface area contributed by atoms with E-state index in [9.17, 15) is 17.6 Å². The zero-order chi connectivity index (χ0) is 19.9. The number of hydrogen-bond donors (Lipinski definition) is 3. The predicted molar refractivity (Wildman–Crippen MR) is 98.4 cm³/mol. The number of fused-ring (bicyclic) bond motifs is 1. The van der Waals surface area contributed by atoms with E-state index in [4.69, 9.17) is 5.73 Å². The average Bonchev–Trinajstić information content (AvgIpc) is 3.11. The van der Waals surface area contributed by atoms with Crippen molar-refractivity contribution in [3.05, 3.63) is 66.4 Å². The Kier molecular flexibility index (Phi) is 4.14. The van der Waals surface area contributed by atoms with Gasteiger partial charge in [0.25, 0.3) is 0 Å². The van der Waals surface area contributed by atoms with Gasteiger partial charge in [0.15, 0.2) is 5.82 Å². The van der Waals surface area contributed by atoms with Crippen molar-refractivity contribution in [2.45, 2.75) is 6.18 Å². The van der Waals surface area contributed by atoms with Gasteiger partial charge in [-0.05, 0) is 42.5 Å². The molecule has 9 heteroatoms. The highest BCUT2D eigenvalue weighted by Gasteiger charge is 2.31. The fraction of sp³-hybridized carbons (Fsp3) is 0.0526. The Labute approximate surface area is 156 Å². The molecule has 4 N–H and O–H groups in total. The van der Waals surface area contributed by atoms with Crippen molar-refractivity contribution < 1.29 is 17.6 Å². The van der Waals surface area contributed by atoms with Gasteiger partial charge in [-0.2, -0.15) is 13.2 Å². The van der Waals surface area contributed by atoms with Gasteiger partial charge >= 0.3 is 6.18 Å². The van der Waals surface area contributed by atoms with E-state index in [1.165, 1.54) is 6.33 Å². The fourth-order valence-corrected chi connectivity index (χ4v) is 2.86. The van der Waals surface area contributed by atoms with Gasteiger partial charge in [0, 0.05) is 28.4 Å². The number of alkyl halides is 3. The third-order valence-corrected chi connectivity index (χ3v) is 4.25. The zero-order valence-electron chi connectivity index (χ0n) is 14.2. The number of anilines is 3. The summed E-state index contributed by atoms with van der Waals surface area (Å²) in [5.41, 5.74) is 6.51. The summed E-state index contributed by atoms with van der Waals surface area (Å²) >= 11 is 0. The summed E-state index contributed by atoms with van der Waals surface area (Å²) in [7, 11) is 0. The Morgan fingerprint density at radius 2 is 1.82 bits per heavy atom. The standard InChI is InChI=1S/C19H13F4N5/c20-14-8-11(19(21,22)23)1-3-13(14)17-16(24)18(27-9-26-17)28-12-2-4-15-10(7-12)5-6-25-15/h1-9,25H,24H2,(H,26,27,28). The summed E-state index contributed by atoms with van der Waals surface area (Å²) in [5, 5.41) is 3.99. The molecular weight excluding hydrogens is 374 g/mol. The highest BCUT2D eigenvalue weighted by molar-refractivity contribution is 5.86. The number of H-pyrrole nitrogens is 1. The first-order valence-corrected chi connectivity index (χ1v) is 8.14. The van der Waals surface area contributed by atoms with Gasteiger partial charge in [0.1, 0.15) is 23.5 Å². The molecule has 2 aromatic carbocycles. The molecule has 0 saturated carbocycles. The van der Waals surface area contributed by atoms with Crippen LogP contribution in [0.1, 0.15) is 5.56 Å². The van der Waals surface area contributed by atoms with E-state index in [0.29, 0.717) is 11.8 Å². The van der Waals surface area contributed by atoms with Crippen molar-refractivity contribution in [3.8, 4) is 11.3 Å². The molecule has 0 radical (unpaired) electrons. The summed E-state index contributed by atoms with van der Waals surface area (Å²) in [6.45, 7) is 0. The topological polar surface area (TPSA) is 79.6 Å². The first-order valence-electron chi connectivity index (χ1n) is 8.14. The van der Waals surface area contributed by atoms with Gasteiger partial charge in [0.2, 0.25) is 0 Å². The van der Waals surface area contributed by atoms with E-state index in [1.54, 1.807) is 12.3 Å². The van der Waals surface area contributed by atoms with Crippen LogP contribution < -0.4 is 11.1 Å². The first kappa shape index (κ1) is 17.8. The largest absolute Gasteiger partial charge is 0.416 e. The average molecular weight is 387 g/mol. The lowest BCUT2D eigenvalue weighted by molar-refractivity contribution is -0.137. The number of aromatic amines is 1. The molecule has 4 aromatic rings. The van der Waals surface area contributed by atoms with Crippen molar-refractivity contribution in [2.24, 2.45) is 0 Å². The predicted octanol–water partition coefficient (Wildman–Crippen LogP) is 5.11. The second kappa shape index (κ2) is 6.52. The Hall–Kier alpha value is -3.62. The van der Waals surface area contributed by atoms with Crippen molar-refractivity contribution in [2.75, 3.05) is 11.1 Å². The van der Waals surface area contributed by atoms with Crippen molar-refractivity contribution >= 4 is 28.1 Å². The molecule has 0 saturated heterocycles. The quantitative estimate of drug-likeness (QED) is 0.427. The van der Waals surface area contributed by atoms with Crippen LogP contribution in [-0.4, -0.2) is 15.0 Å². The third kappa shape index (κ3) is 3.22. The molecule has 0 amide bonds. The second-order valence-electron chi connectivity index (χ2n) is 6.08. The minimum Gasteiger partial charge on any atom is -0.394 e. The number of nitrogens with two attached hydrogens (primary N) is 1. The second-order valence-corrected chi connectivity index (χ2v) is 6.08. The number of nitrogens with zero attached hydrogens (tertiary/aromatic N) is 2. The highest BCUT2D eigenvalue weighted by Crippen LogP contribution is 2.35. The molecule has 5 nitrogen and oxygen atoms in total. The maximum absolute atomic E-state index is 14.3. The van der Waals surface area contributed by atoms with E-state index < -0.39 is 17.6 Å². The van der Waals surface area contributed by atoms with Crippen LogP contribution in [0.2, 0.25) is 0 Å². The Morgan fingerprint density at radius 3 is 2.57 bits per heavy atom. The van der Waals surface area contributed by atoms with Crippen LogP contribution in [-0.2, 0) is 6.18 Å². The zero-order valence-corrected chi connectivity index (χ0v) is 14.2. The van der Waals surface area contributed by atoms with Crippen LogP contribution in [0, 0.1) is 5.82 Å². The lowest BCUT2D eigenvalue weighted by atomic mass is 10.1. The Morgan fingerprint density at radius 1 is 1.00 bits per heavy atom. The van der Waals surface area contributed by atoms with E-state index in [1.807, 2.05) is 18.2 Å². The monoisotopic (exact) mass is 387 g/mol. The van der Waals surface area contributed by atoms with Crippen LogP contribution in [0.25, 0.3) is 22.2 Å². The van der Waals surface area contributed by atoms with Crippen molar-refractivity contribution in [1.82, 2.24) is 15.0 Å². The highest BCUT2D eigenvalue weighted by atomic mass is 19.4. The van der Waals surface area contributed by atoms with Gasteiger partial charge in [-0.25, -0.2) is 14.4 Å². The number of nitrogens with one attached hydrogen (secondary N) is 2. The normalized spacial score (nSPS) is 11.7. The number of benzene rings is 2. The minimum absolute atomic E-state index is 0.00597. The van der Waals surface area contributed by atoms with E-state index in [2.05, 4.69) is 20.3 Å². The summed E-state index contributed by atoms with van der Waals surface area (Å²) in [4.78, 5) is 11.1. The minimum atomic E-state index is -4.64. The van der Waals surface area contributed by atoms with Crippen molar-refractivity contribution in [3.63, 3.8) is 0 Å². The van der Waals surface area contributed by atoms with Gasteiger partial charge in [-0.15, -0.1) is 0 Å². The molecule has 0 bridgehead atoms. The number of rotatable bonds is 3. The molecule has 0 unspecified atom stereocenters. The molecule has 0 aliphatic heterocycles. The number of nitrogen functional groups attached to an aromatic ring is 1. The Balaban J connectivity index is 1.70. The number of halogens is 4. The van der Waals surface area contributed by atoms with Crippen LogP contribution in [0.15, 0.2) is 55.0 Å². The lowest BCUT2D eigenvalue weighted by Crippen LogP contribution is -2.07. The van der Waals surface area contributed by atoms with Gasteiger partial charge < -0.3 is 16.0 Å². The van der Waals surface area contributed by atoms with Crippen LogP contribution in [0.5, 0.6) is 0 Å². The SMILES string of the molecule is Nc1c(Nc2ccc3[nH]ccc3c2)ncnc1-c1ccc(C(F)(F)F)cc1F. The molecule has 0 fully saturated rings. The number of hydrogen-bond acceptors (Lipinski definition) is 4. The van der Waals surface area contributed by atoms with Gasteiger partial charge in [-0.1, -0.05) is 0 Å². The van der Waals surface area contributed by atoms with E-state index in [-0.39, 0.29) is 22.8 Å². The maximum Gasteiger partial charge on any atom is 0.416 e. The van der Waals surface area contributed by atoms with Gasteiger partial charge in [0.05, 0.1) is 5.56 Å². The van der Waals surface area contributed by atoms with Crippen LogP contribution in [0.4, 0.5) is 34.8 Å². The first-order chi connectivity index (χ1) is 13.3. The lowest BCUT2D eigenvalue weighted by Gasteiger charge is -2.13. The molecule has 0 aliphatic carbocycles. The van der Waals surface area contributed by atoms with E-state index >= 15 is 0 Å². The molecule has 4 rings (SSSR count). The molecule has 0 spiro atoms. The summed E-state index contributed by atoms with van der Waals surface area (Å²) < 4.78 is 52.5. The summed E-state index contributed by atoms with van der Waals surface area (Å²) in [5.74, 6) is -0.848. The van der Waals surface area contributed by atoms with Crippen molar-refractivity contribution in [1.29, 1.82) is 0 Å². The molecule has 28 heavy (non-hydrogen) atoms. The molecule has 2 heterocycles. The molecule has 0 atom stereocenters. The van der Waals surface area contributed by atoms with Crippen LogP contribution >= 0.6 is 0 Å². The number of aromatic nitrogens is 3. The third-order valence-electron chi connectivity index (χ3n) is 4.25. The fourth-order valence-electron chi connectivity index (χ4n) is 2.86. The van der Waals surface area contributed by atoms with E-state index in [0.717, 1.165) is 23.0 Å². The van der Waals surface area contributed by atoms with Gasteiger partial charge in [-0.3, -0.25) is 0 Å². The molecule has 2 aromatic heterocycles. The molecule has 0 aliphatic rings.